The van der Waals surface area contributed by atoms with Gasteiger partial charge in [-0.1, -0.05) is 41.9 Å². The molecule has 6 heterocycles. The molecule has 7 aromatic rings. The van der Waals surface area contributed by atoms with E-state index in [4.69, 9.17) is 40.3 Å². The van der Waals surface area contributed by atoms with E-state index in [2.05, 4.69) is 24.8 Å². The first-order chi connectivity index (χ1) is 33.3. The SMILES string of the molecule is COc1ccccc1-c1nccc(COc2ccc3cc2C[C@H](C(=O)O)Oc2ncnc4sc(-c5ccc(F)cc5)c(c24)-c2ccc(c(Cl)c2C)O[C@H](CN2CCN(CCS(C)(=O)=O)CC2)CO3)n1. The number of benzene rings is 4. The Morgan fingerprint density at radius 2 is 1.72 bits per heavy atom. The highest BCUT2D eigenvalue weighted by atomic mass is 35.5. The number of thiophene rings is 1. The Hall–Kier alpha value is -6.44. The highest BCUT2D eigenvalue weighted by Crippen LogP contribution is 2.50. The minimum Gasteiger partial charge on any atom is -0.496 e. The lowest BCUT2D eigenvalue weighted by atomic mass is 9.96. The van der Waals surface area contributed by atoms with Crippen LogP contribution in [0.4, 0.5) is 4.39 Å². The summed E-state index contributed by atoms with van der Waals surface area (Å²) in [7, 11) is -1.52. The second-order valence-electron chi connectivity index (χ2n) is 16.8. The molecule has 69 heavy (non-hydrogen) atoms. The van der Waals surface area contributed by atoms with E-state index in [0.29, 0.717) is 122 Å². The Morgan fingerprint density at radius 3 is 2.49 bits per heavy atom. The first-order valence-electron chi connectivity index (χ1n) is 22.2. The van der Waals surface area contributed by atoms with Gasteiger partial charge in [0.15, 0.2) is 5.82 Å². The van der Waals surface area contributed by atoms with Crippen LogP contribution in [0.2, 0.25) is 5.02 Å². The molecule has 3 aromatic heterocycles. The van der Waals surface area contributed by atoms with Gasteiger partial charge in [-0.15, -0.1) is 11.3 Å². The fourth-order valence-corrected chi connectivity index (χ4v) is 10.3. The van der Waals surface area contributed by atoms with Crippen molar-refractivity contribution >= 4 is 49.0 Å². The van der Waals surface area contributed by atoms with Gasteiger partial charge in [-0.25, -0.2) is 37.5 Å². The van der Waals surface area contributed by atoms with E-state index >= 15 is 0 Å². The first kappa shape index (κ1) is 47.6. The van der Waals surface area contributed by atoms with Crippen LogP contribution in [0.5, 0.6) is 28.9 Å². The van der Waals surface area contributed by atoms with Crippen LogP contribution in [0.1, 0.15) is 16.8 Å². The smallest absolute Gasteiger partial charge is 0.345 e. The lowest BCUT2D eigenvalue weighted by Gasteiger charge is -2.36. The molecular formula is C50H48ClFN6O9S2. The molecule has 1 saturated heterocycles. The number of hydrogen-bond acceptors (Lipinski definition) is 15. The third kappa shape index (κ3) is 11.1. The minimum atomic E-state index is -3.10. The number of rotatable bonds is 12. The molecule has 1 fully saturated rings. The molecule has 0 aliphatic carbocycles. The molecule has 0 radical (unpaired) electrons. The predicted octanol–water partition coefficient (Wildman–Crippen LogP) is 8.05. The number of ether oxygens (including phenoxy) is 5. The predicted molar refractivity (Wildman–Crippen MR) is 261 cm³/mol. The second kappa shape index (κ2) is 20.7. The molecule has 0 unspecified atom stereocenters. The topological polar surface area (TPSA) is 176 Å². The Morgan fingerprint density at radius 1 is 0.942 bits per heavy atom. The molecule has 3 aliphatic heterocycles. The maximum atomic E-state index is 14.3. The summed E-state index contributed by atoms with van der Waals surface area (Å²) in [6.07, 6.45) is 2.01. The van der Waals surface area contributed by atoms with Crippen LogP contribution in [0.25, 0.3) is 43.2 Å². The van der Waals surface area contributed by atoms with Crippen molar-refractivity contribution in [2.75, 3.05) is 65.0 Å². The number of aromatic nitrogens is 4. The van der Waals surface area contributed by atoms with E-state index in [1.165, 1.54) is 36.1 Å². The molecule has 15 nitrogen and oxygen atoms in total. The van der Waals surface area contributed by atoms with E-state index in [0.717, 1.165) is 4.88 Å². The first-order valence-corrected chi connectivity index (χ1v) is 25.4. The van der Waals surface area contributed by atoms with Crippen molar-refractivity contribution in [3.63, 3.8) is 0 Å². The molecule has 4 bridgehead atoms. The van der Waals surface area contributed by atoms with Crippen molar-refractivity contribution in [1.29, 1.82) is 0 Å². The van der Waals surface area contributed by atoms with Crippen LogP contribution in [-0.4, -0.2) is 126 Å². The Bertz CT molecular complexity index is 3120. The fourth-order valence-electron chi connectivity index (χ4n) is 8.40. The number of para-hydroxylation sites is 1. The number of carboxylic acid groups (broad SMARTS) is 1. The van der Waals surface area contributed by atoms with Crippen LogP contribution < -0.4 is 23.7 Å². The monoisotopic (exact) mass is 994 g/mol. The van der Waals surface area contributed by atoms with E-state index in [-0.39, 0.29) is 31.3 Å². The molecule has 1 N–H and O–H groups in total. The molecule has 0 amide bonds. The Kier molecular flexibility index (Phi) is 14.3. The van der Waals surface area contributed by atoms with Gasteiger partial charge in [0.1, 0.15) is 69.1 Å². The number of piperazine rings is 1. The number of hydrogen-bond donors (Lipinski definition) is 1. The lowest BCUT2D eigenvalue weighted by Crippen LogP contribution is -2.50. The van der Waals surface area contributed by atoms with Crippen molar-refractivity contribution in [2.24, 2.45) is 0 Å². The zero-order chi connectivity index (χ0) is 48.2. The number of sulfone groups is 1. The summed E-state index contributed by atoms with van der Waals surface area (Å²) in [5.74, 6) is 0.760. The number of fused-ring (bicyclic) bond motifs is 7. The molecular weight excluding hydrogens is 947 g/mol. The highest BCUT2D eigenvalue weighted by Gasteiger charge is 2.30. The summed E-state index contributed by atoms with van der Waals surface area (Å²) in [5.41, 5.74) is 4.43. The van der Waals surface area contributed by atoms with Gasteiger partial charge < -0.3 is 28.8 Å². The molecule has 0 spiro atoms. The van der Waals surface area contributed by atoms with E-state index in [1.54, 1.807) is 55.8 Å². The molecule has 3 aliphatic rings. The van der Waals surface area contributed by atoms with Gasteiger partial charge in [0, 0.05) is 74.1 Å². The van der Waals surface area contributed by atoms with Crippen LogP contribution >= 0.6 is 22.9 Å². The summed E-state index contributed by atoms with van der Waals surface area (Å²) in [4.78, 5) is 37.3. The van der Waals surface area contributed by atoms with Crippen molar-refractivity contribution < 1.29 is 46.4 Å². The van der Waals surface area contributed by atoms with E-state index in [9.17, 15) is 22.7 Å². The van der Waals surface area contributed by atoms with Crippen LogP contribution in [0, 0.1) is 12.7 Å². The number of carbonyl (C=O) groups is 1. The van der Waals surface area contributed by atoms with Gasteiger partial charge in [-0.2, -0.15) is 0 Å². The van der Waals surface area contributed by atoms with Gasteiger partial charge in [0.2, 0.25) is 12.0 Å². The number of aliphatic carboxylic acids is 1. The van der Waals surface area contributed by atoms with Crippen LogP contribution in [0.3, 0.4) is 0 Å². The minimum absolute atomic E-state index is 0.0161. The summed E-state index contributed by atoms with van der Waals surface area (Å²) >= 11 is 8.59. The van der Waals surface area contributed by atoms with Gasteiger partial charge in [-0.3, -0.25) is 9.80 Å². The van der Waals surface area contributed by atoms with Gasteiger partial charge in [-0.05, 0) is 78.2 Å². The Balaban J connectivity index is 1.10. The highest BCUT2D eigenvalue weighted by molar-refractivity contribution is 7.90. The number of methoxy groups -OCH3 is 1. The maximum Gasteiger partial charge on any atom is 0.345 e. The van der Waals surface area contributed by atoms with Crippen molar-refractivity contribution in [3.05, 3.63) is 125 Å². The third-order valence-corrected chi connectivity index (χ3v) is 14.6. The van der Waals surface area contributed by atoms with Crippen LogP contribution in [-0.2, 0) is 27.7 Å². The normalized spacial score (nSPS) is 16.8. The summed E-state index contributed by atoms with van der Waals surface area (Å²) in [6.45, 7) is 5.61. The van der Waals surface area contributed by atoms with Gasteiger partial charge in [0.05, 0.1) is 34.5 Å². The summed E-state index contributed by atoms with van der Waals surface area (Å²) < 4.78 is 69.8. The molecule has 358 valence electrons. The average molecular weight is 996 g/mol. The molecule has 10 rings (SSSR count). The third-order valence-electron chi connectivity index (χ3n) is 12.0. The summed E-state index contributed by atoms with van der Waals surface area (Å²) in [6, 6.07) is 24.1. The fraction of sp³-hybridized carbons (Fsp3) is 0.300. The van der Waals surface area contributed by atoms with Crippen LogP contribution in [0.15, 0.2) is 97.5 Å². The largest absolute Gasteiger partial charge is 0.496 e. The standard InChI is InChI=1S/C50H48ClFN6O9S2/c1-30-37-13-15-41(45(30)51)66-36(26-58-20-18-57(19-21-58)22-23-69(3,61)62)28-64-35-12-14-39(65-27-34-16-17-53-47(56-34)38-6-4-5-7-40(38)63-2)32(24-35)25-42(50(59)60)67-48-44-43(37)46(68-49(44)55-29-54-48)31-8-10-33(52)11-9-31/h4-17,24,29,36,42H,18-23,25-28H2,1-3H3,(H,59,60)/t36-,42-/m1/s1. The van der Waals surface area contributed by atoms with E-state index < -0.39 is 33.8 Å². The van der Waals surface area contributed by atoms with Crippen molar-refractivity contribution in [2.45, 2.75) is 32.2 Å². The molecule has 19 heteroatoms. The quantitative estimate of drug-likeness (QED) is 0.124. The molecule has 0 saturated carbocycles. The average Bonchev–Trinajstić information content (AvgIpc) is 3.74. The Labute approximate surface area is 407 Å². The zero-order valence-electron chi connectivity index (χ0n) is 37.9. The summed E-state index contributed by atoms with van der Waals surface area (Å²) in [5, 5.41) is 11.7. The number of nitrogens with zero attached hydrogens (tertiary/aromatic N) is 6. The van der Waals surface area contributed by atoms with E-state index in [1.807, 2.05) is 37.3 Å². The number of carboxylic acids is 1. The van der Waals surface area contributed by atoms with Crippen molar-refractivity contribution in [3.8, 4) is 61.8 Å². The van der Waals surface area contributed by atoms with Gasteiger partial charge in [0.25, 0.3) is 0 Å². The van der Waals surface area contributed by atoms with Crippen molar-refractivity contribution in [1.82, 2.24) is 29.7 Å². The molecule has 4 aromatic carbocycles. The lowest BCUT2D eigenvalue weighted by molar-refractivity contribution is -0.145. The second-order valence-corrected chi connectivity index (χ2v) is 20.5. The van der Waals surface area contributed by atoms with Gasteiger partial charge >= 0.3 is 5.97 Å². The number of halogens is 2. The maximum absolute atomic E-state index is 14.3. The zero-order valence-corrected chi connectivity index (χ0v) is 40.3. The molecule has 2 atom stereocenters.